The Morgan fingerprint density at radius 2 is 1.16 bits per heavy atom. The van der Waals surface area contributed by atoms with Crippen molar-refractivity contribution < 1.29 is 47.7 Å². The third-order valence-corrected chi connectivity index (χ3v) is 12.7. The molecule has 1 aromatic heterocycles. The quantitative estimate of drug-likeness (QED) is 0.0381. The SMILES string of the molecule is CC(=O)Oc1cc2c(c3ccccc13)[C@H](CCl)CN2C(=O)c1ccc(C(=O)N2C[C@@H](CCl)c3c2cc(OC(=O)NCCOCCOCCN2C(=O)C=CC2=O)c2ccccc32)s1. The number of rotatable bonds is 15. The van der Waals surface area contributed by atoms with Crippen molar-refractivity contribution >= 4 is 103 Å². The normalized spacial score (nSPS) is 16.7. The average Bonchev–Trinajstić information content (AvgIpc) is 4.07. The molecule has 0 saturated carbocycles. The van der Waals surface area contributed by atoms with Gasteiger partial charge in [-0.25, -0.2) is 4.79 Å². The van der Waals surface area contributed by atoms with Gasteiger partial charge in [0.25, 0.3) is 23.6 Å². The highest BCUT2D eigenvalue weighted by Gasteiger charge is 2.38. The van der Waals surface area contributed by atoms with Gasteiger partial charge in [0.1, 0.15) is 11.5 Å². The average molecular weight is 900 g/mol. The molecular weight excluding hydrogens is 859 g/mol. The highest BCUT2D eigenvalue weighted by molar-refractivity contribution is 7.16. The molecule has 14 nitrogen and oxygen atoms in total. The number of ether oxygens (including phenoxy) is 4. The van der Waals surface area contributed by atoms with Gasteiger partial charge < -0.3 is 34.1 Å². The van der Waals surface area contributed by atoms with Crippen molar-refractivity contribution in [2.45, 2.75) is 18.8 Å². The van der Waals surface area contributed by atoms with E-state index in [1.54, 1.807) is 34.1 Å². The van der Waals surface area contributed by atoms with Crippen LogP contribution in [0.1, 0.15) is 49.2 Å². The largest absolute Gasteiger partial charge is 0.426 e. The summed E-state index contributed by atoms with van der Waals surface area (Å²) in [6.07, 6.45) is 1.72. The molecule has 3 aliphatic heterocycles. The minimum absolute atomic E-state index is 0.141. The van der Waals surface area contributed by atoms with Gasteiger partial charge in [-0.3, -0.25) is 28.9 Å². The van der Waals surface area contributed by atoms with Crippen molar-refractivity contribution in [3.8, 4) is 11.5 Å². The fourth-order valence-corrected chi connectivity index (χ4v) is 9.52. The minimum atomic E-state index is -0.720. The molecule has 0 spiro atoms. The first kappa shape index (κ1) is 42.8. The van der Waals surface area contributed by atoms with Gasteiger partial charge in [0, 0.05) is 85.2 Å². The second-order valence-corrected chi connectivity index (χ2v) is 16.4. The van der Waals surface area contributed by atoms with Gasteiger partial charge in [0.2, 0.25) is 0 Å². The number of thiophene rings is 1. The zero-order valence-electron chi connectivity index (χ0n) is 33.4. The Balaban J connectivity index is 0.946. The topological polar surface area (TPSA) is 161 Å². The number of hydrogen-bond donors (Lipinski definition) is 1. The van der Waals surface area contributed by atoms with Crippen LogP contribution in [0.4, 0.5) is 16.2 Å². The summed E-state index contributed by atoms with van der Waals surface area (Å²) in [5, 5.41) is 5.72. The van der Waals surface area contributed by atoms with Gasteiger partial charge in [-0.05, 0) is 34.0 Å². The van der Waals surface area contributed by atoms with Crippen LogP contribution in [0.2, 0.25) is 0 Å². The van der Waals surface area contributed by atoms with Gasteiger partial charge >= 0.3 is 12.1 Å². The molecule has 0 unspecified atom stereocenters. The van der Waals surface area contributed by atoms with E-state index in [9.17, 15) is 28.8 Å². The zero-order valence-corrected chi connectivity index (χ0v) is 35.7. The van der Waals surface area contributed by atoms with Crippen LogP contribution in [-0.4, -0.2) is 105 Å². The van der Waals surface area contributed by atoms with Crippen LogP contribution in [0, 0.1) is 0 Å². The molecule has 17 heteroatoms. The molecule has 0 aliphatic carbocycles. The van der Waals surface area contributed by atoms with Gasteiger partial charge in [0.15, 0.2) is 0 Å². The predicted octanol–water partition coefficient (Wildman–Crippen LogP) is 6.99. The van der Waals surface area contributed by atoms with E-state index < -0.39 is 12.1 Å². The van der Waals surface area contributed by atoms with Crippen molar-refractivity contribution in [3.05, 3.63) is 106 Å². The first-order valence-electron chi connectivity index (χ1n) is 19.9. The number of anilines is 2. The van der Waals surface area contributed by atoms with Gasteiger partial charge in [-0.2, -0.15) is 0 Å². The molecule has 1 N–H and O–H groups in total. The zero-order chi connectivity index (χ0) is 43.5. The molecule has 5 amide bonds. The summed E-state index contributed by atoms with van der Waals surface area (Å²) in [6.45, 7) is 3.00. The monoisotopic (exact) mass is 898 g/mol. The van der Waals surface area contributed by atoms with E-state index in [1.807, 2.05) is 48.5 Å². The molecule has 8 rings (SSSR count). The number of hydrogen-bond acceptors (Lipinski definition) is 11. The van der Waals surface area contributed by atoms with Crippen LogP contribution in [0.15, 0.2) is 84.9 Å². The summed E-state index contributed by atoms with van der Waals surface area (Å²) in [6, 6.07) is 21.6. The van der Waals surface area contributed by atoms with Gasteiger partial charge in [-0.1, -0.05) is 48.5 Å². The maximum Gasteiger partial charge on any atom is 0.412 e. The molecule has 2 atom stereocenters. The molecule has 4 heterocycles. The Kier molecular flexibility index (Phi) is 12.9. The standard InChI is InChI=1S/C45H40Cl2N4O10S/c1-26(52)60-35-20-33-41(31-8-4-2-6-29(31)35)27(22-46)24-50(33)43(55)37-10-11-38(62-37)44(56)51-25-28(23-47)42-32-9-5-3-7-30(32)36(21-34(42)51)61-45(57)48-14-16-58-18-19-59-17-15-49-39(53)12-13-40(49)54/h2-13,20-21,27-28H,14-19,22-25H2,1H3,(H,48,57)/t27-,28-/m1/s1. The van der Waals surface area contributed by atoms with Crippen LogP contribution >= 0.6 is 34.5 Å². The van der Waals surface area contributed by atoms with Gasteiger partial charge in [-0.15, -0.1) is 34.5 Å². The van der Waals surface area contributed by atoms with Crippen molar-refractivity contribution in [2.24, 2.45) is 0 Å². The Labute approximate surface area is 369 Å². The molecule has 320 valence electrons. The number of esters is 1. The number of carbonyl (C=O) groups is 6. The molecule has 0 fully saturated rings. The Morgan fingerprint density at radius 3 is 1.66 bits per heavy atom. The lowest BCUT2D eigenvalue weighted by molar-refractivity contribution is -0.137. The third kappa shape index (κ3) is 8.50. The number of amides is 5. The van der Waals surface area contributed by atoms with Crippen LogP contribution < -0.4 is 24.6 Å². The number of carbonyl (C=O) groups excluding carboxylic acids is 6. The predicted molar refractivity (Wildman–Crippen MR) is 235 cm³/mol. The lowest BCUT2D eigenvalue weighted by atomic mass is 9.95. The second-order valence-electron chi connectivity index (χ2n) is 14.7. The molecule has 62 heavy (non-hydrogen) atoms. The summed E-state index contributed by atoms with van der Waals surface area (Å²) in [4.78, 5) is 82.0. The summed E-state index contributed by atoms with van der Waals surface area (Å²) in [5.74, 6) is -1.19. The lowest BCUT2D eigenvalue weighted by Crippen LogP contribution is -2.33. The van der Waals surface area contributed by atoms with Crippen LogP contribution in [0.25, 0.3) is 21.5 Å². The molecule has 3 aliphatic rings. The summed E-state index contributed by atoms with van der Waals surface area (Å²) >= 11 is 14.1. The second kappa shape index (κ2) is 18.6. The molecule has 0 radical (unpaired) electrons. The van der Waals surface area contributed by atoms with Crippen molar-refractivity contribution in [2.75, 3.05) is 74.2 Å². The lowest BCUT2D eigenvalue weighted by Gasteiger charge is -2.19. The van der Waals surface area contributed by atoms with E-state index in [0.717, 1.165) is 43.5 Å². The Bertz CT molecular complexity index is 2630. The smallest absolute Gasteiger partial charge is 0.412 e. The number of halogens is 2. The molecule has 0 saturated heterocycles. The van der Waals surface area contributed by atoms with E-state index >= 15 is 0 Å². The fraction of sp³-hybridized carbons (Fsp3) is 0.289. The molecular formula is C45H40Cl2N4O10S. The number of imide groups is 1. The van der Waals surface area contributed by atoms with E-state index in [1.165, 1.54) is 19.1 Å². The summed E-state index contributed by atoms with van der Waals surface area (Å²) in [5.41, 5.74) is 2.89. The summed E-state index contributed by atoms with van der Waals surface area (Å²) < 4.78 is 22.4. The van der Waals surface area contributed by atoms with E-state index in [2.05, 4.69) is 5.32 Å². The maximum absolute atomic E-state index is 14.4. The number of benzene rings is 4. The fourth-order valence-electron chi connectivity index (χ4n) is 8.11. The number of alkyl halides is 2. The van der Waals surface area contributed by atoms with Crippen LogP contribution in [0.5, 0.6) is 11.5 Å². The van der Waals surface area contributed by atoms with Crippen molar-refractivity contribution in [1.82, 2.24) is 10.2 Å². The molecule has 4 aromatic carbocycles. The Hall–Kier alpha value is -5.84. The van der Waals surface area contributed by atoms with E-state index in [4.69, 9.17) is 42.1 Å². The molecule has 0 bridgehead atoms. The van der Waals surface area contributed by atoms with Crippen LogP contribution in [0.3, 0.4) is 0 Å². The Morgan fingerprint density at radius 1 is 0.677 bits per heavy atom. The van der Waals surface area contributed by atoms with Crippen molar-refractivity contribution in [3.63, 3.8) is 0 Å². The highest BCUT2D eigenvalue weighted by Crippen LogP contribution is 2.48. The maximum atomic E-state index is 14.4. The first-order chi connectivity index (χ1) is 30.1. The number of nitrogens with zero attached hydrogens (tertiary/aromatic N) is 3. The highest BCUT2D eigenvalue weighted by atomic mass is 35.5. The molecule has 5 aromatic rings. The van der Waals surface area contributed by atoms with Crippen LogP contribution in [-0.2, 0) is 23.9 Å². The van der Waals surface area contributed by atoms with Gasteiger partial charge in [0.05, 0.1) is 54.1 Å². The van der Waals surface area contributed by atoms with E-state index in [0.29, 0.717) is 38.8 Å². The number of fused-ring (bicyclic) bond motifs is 6. The first-order valence-corrected chi connectivity index (χ1v) is 21.8. The summed E-state index contributed by atoms with van der Waals surface area (Å²) in [7, 11) is 0. The third-order valence-electron chi connectivity index (χ3n) is 10.9. The minimum Gasteiger partial charge on any atom is -0.426 e. The van der Waals surface area contributed by atoms with Crippen molar-refractivity contribution in [1.29, 1.82) is 0 Å². The number of nitrogens with one attached hydrogen (secondary N) is 1. The van der Waals surface area contributed by atoms with E-state index in [-0.39, 0.29) is 99.0 Å².